The maximum absolute atomic E-state index is 5.77. The smallest absolute Gasteiger partial charge is 0.147 e. The van der Waals surface area contributed by atoms with Gasteiger partial charge in [0.05, 0.1) is 8.95 Å². The van der Waals surface area contributed by atoms with Crippen LogP contribution in [0.5, 0.6) is 5.75 Å². The van der Waals surface area contributed by atoms with E-state index < -0.39 is 0 Å². The SMILES string of the molecule is CCOCCCCNCCOc1c(Br)cc(Br)cc1Br. The predicted octanol–water partition coefficient (Wildman–Crippen LogP) is 4.76. The van der Waals surface area contributed by atoms with E-state index in [4.69, 9.17) is 9.47 Å². The summed E-state index contributed by atoms with van der Waals surface area (Å²) in [5.74, 6) is 0.839. The average Bonchev–Trinajstić information content (AvgIpc) is 2.39. The number of ether oxygens (including phenoxy) is 2. The number of rotatable bonds is 10. The first-order valence-corrected chi connectivity index (χ1v) is 9.09. The van der Waals surface area contributed by atoms with Crippen LogP contribution in [0, 0.1) is 0 Å². The Labute approximate surface area is 146 Å². The molecule has 3 nitrogen and oxygen atoms in total. The van der Waals surface area contributed by atoms with Crippen LogP contribution in [0.15, 0.2) is 25.6 Å². The molecule has 1 N–H and O–H groups in total. The third kappa shape index (κ3) is 7.41. The van der Waals surface area contributed by atoms with Crippen LogP contribution >= 0.6 is 47.8 Å². The van der Waals surface area contributed by atoms with Crippen LogP contribution in [0.1, 0.15) is 19.8 Å². The molecule has 0 aliphatic heterocycles. The number of unbranched alkanes of at least 4 members (excludes halogenated alkanes) is 1. The van der Waals surface area contributed by atoms with Crippen LogP contribution in [0.25, 0.3) is 0 Å². The average molecular weight is 474 g/mol. The van der Waals surface area contributed by atoms with E-state index in [1.807, 2.05) is 19.1 Å². The van der Waals surface area contributed by atoms with Gasteiger partial charge in [-0.15, -0.1) is 0 Å². The minimum Gasteiger partial charge on any atom is -0.490 e. The molecule has 0 radical (unpaired) electrons. The fraction of sp³-hybridized carbons (Fsp3) is 0.571. The van der Waals surface area contributed by atoms with E-state index in [1.165, 1.54) is 0 Å². The zero-order valence-corrected chi connectivity index (χ0v) is 16.3. The van der Waals surface area contributed by atoms with Crippen LogP contribution in [-0.4, -0.2) is 32.9 Å². The Balaban J connectivity index is 2.13. The number of benzene rings is 1. The molecular weight excluding hydrogens is 454 g/mol. The lowest BCUT2D eigenvalue weighted by molar-refractivity contribution is 0.143. The zero-order valence-electron chi connectivity index (χ0n) is 11.6. The standard InChI is InChI=1S/C14H20Br3NO2/c1-2-19-7-4-3-5-18-6-8-20-14-12(16)9-11(15)10-13(14)17/h9-10,18H,2-8H2,1H3. The molecule has 20 heavy (non-hydrogen) atoms. The summed E-state index contributed by atoms with van der Waals surface area (Å²) < 4.78 is 13.9. The molecule has 0 saturated carbocycles. The molecule has 0 unspecified atom stereocenters. The quantitative estimate of drug-likeness (QED) is 0.497. The highest BCUT2D eigenvalue weighted by Gasteiger charge is 2.07. The Morgan fingerprint density at radius 1 is 1.00 bits per heavy atom. The minimum atomic E-state index is 0.643. The van der Waals surface area contributed by atoms with Gasteiger partial charge in [-0.2, -0.15) is 0 Å². The van der Waals surface area contributed by atoms with Crippen molar-refractivity contribution in [2.45, 2.75) is 19.8 Å². The van der Waals surface area contributed by atoms with Crippen LogP contribution in [0.3, 0.4) is 0 Å². The maximum atomic E-state index is 5.77. The van der Waals surface area contributed by atoms with Crippen LogP contribution < -0.4 is 10.1 Å². The summed E-state index contributed by atoms with van der Waals surface area (Å²) in [6.45, 7) is 6.16. The van der Waals surface area contributed by atoms with Crippen molar-refractivity contribution >= 4 is 47.8 Å². The van der Waals surface area contributed by atoms with Crippen LogP contribution in [0.4, 0.5) is 0 Å². The Kier molecular flexibility index (Phi) is 10.1. The van der Waals surface area contributed by atoms with Crippen molar-refractivity contribution in [1.29, 1.82) is 0 Å². The molecule has 1 rings (SSSR count). The lowest BCUT2D eigenvalue weighted by Gasteiger charge is -2.11. The largest absolute Gasteiger partial charge is 0.490 e. The van der Waals surface area contributed by atoms with Gasteiger partial charge in [0, 0.05) is 24.2 Å². The Bertz CT molecular complexity index is 379. The highest BCUT2D eigenvalue weighted by molar-refractivity contribution is 9.11. The predicted molar refractivity (Wildman–Crippen MR) is 93.6 cm³/mol. The van der Waals surface area contributed by atoms with Gasteiger partial charge in [0.25, 0.3) is 0 Å². The molecule has 0 bridgehead atoms. The van der Waals surface area contributed by atoms with E-state index in [9.17, 15) is 0 Å². The van der Waals surface area contributed by atoms with Gasteiger partial charge in [-0.05, 0) is 70.3 Å². The van der Waals surface area contributed by atoms with E-state index in [0.717, 1.165) is 58.3 Å². The van der Waals surface area contributed by atoms with E-state index in [1.54, 1.807) is 0 Å². The van der Waals surface area contributed by atoms with Crippen LogP contribution in [-0.2, 0) is 4.74 Å². The molecular formula is C14H20Br3NO2. The van der Waals surface area contributed by atoms with E-state index >= 15 is 0 Å². The maximum Gasteiger partial charge on any atom is 0.147 e. The molecule has 114 valence electrons. The first kappa shape index (κ1) is 18.4. The molecule has 6 heteroatoms. The Hall–Kier alpha value is 0.380. The van der Waals surface area contributed by atoms with Gasteiger partial charge < -0.3 is 14.8 Å². The molecule has 0 amide bonds. The molecule has 1 aromatic carbocycles. The fourth-order valence-electron chi connectivity index (χ4n) is 1.62. The fourth-order valence-corrected chi connectivity index (χ4v) is 4.10. The topological polar surface area (TPSA) is 30.5 Å². The van der Waals surface area contributed by atoms with Gasteiger partial charge in [-0.25, -0.2) is 0 Å². The van der Waals surface area contributed by atoms with Crippen molar-refractivity contribution in [2.75, 3.05) is 32.9 Å². The van der Waals surface area contributed by atoms with Gasteiger partial charge in [-0.3, -0.25) is 0 Å². The van der Waals surface area contributed by atoms with Crippen LogP contribution in [0.2, 0.25) is 0 Å². The first-order chi connectivity index (χ1) is 9.65. The lowest BCUT2D eigenvalue weighted by atomic mass is 10.3. The summed E-state index contributed by atoms with van der Waals surface area (Å²) in [7, 11) is 0. The van der Waals surface area contributed by atoms with E-state index in [0.29, 0.717) is 6.61 Å². The second-order valence-electron chi connectivity index (χ2n) is 4.20. The molecule has 1 aromatic rings. The lowest BCUT2D eigenvalue weighted by Crippen LogP contribution is -2.22. The third-order valence-electron chi connectivity index (χ3n) is 2.58. The molecule has 0 aliphatic rings. The van der Waals surface area contributed by atoms with Crippen molar-refractivity contribution in [1.82, 2.24) is 5.32 Å². The van der Waals surface area contributed by atoms with Gasteiger partial charge in [0.15, 0.2) is 0 Å². The van der Waals surface area contributed by atoms with E-state index in [2.05, 4.69) is 53.1 Å². The monoisotopic (exact) mass is 471 g/mol. The molecule has 0 aromatic heterocycles. The zero-order chi connectivity index (χ0) is 14.8. The molecule has 0 aliphatic carbocycles. The summed E-state index contributed by atoms with van der Waals surface area (Å²) in [6, 6.07) is 3.95. The third-order valence-corrected chi connectivity index (χ3v) is 4.22. The molecule has 0 saturated heterocycles. The van der Waals surface area contributed by atoms with Crippen molar-refractivity contribution in [2.24, 2.45) is 0 Å². The number of hydrogen-bond acceptors (Lipinski definition) is 3. The first-order valence-electron chi connectivity index (χ1n) is 6.71. The van der Waals surface area contributed by atoms with E-state index in [-0.39, 0.29) is 0 Å². The molecule has 0 fully saturated rings. The summed E-state index contributed by atoms with van der Waals surface area (Å²) in [4.78, 5) is 0. The summed E-state index contributed by atoms with van der Waals surface area (Å²) in [5.41, 5.74) is 0. The molecule has 0 heterocycles. The molecule has 0 spiro atoms. The highest BCUT2D eigenvalue weighted by atomic mass is 79.9. The van der Waals surface area contributed by atoms with Gasteiger partial charge in [0.2, 0.25) is 0 Å². The summed E-state index contributed by atoms with van der Waals surface area (Å²) in [5, 5.41) is 3.36. The number of halogens is 3. The molecule has 0 atom stereocenters. The number of nitrogens with one attached hydrogen (secondary N) is 1. The van der Waals surface area contributed by atoms with Crippen molar-refractivity contribution in [3.63, 3.8) is 0 Å². The summed E-state index contributed by atoms with van der Waals surface area (Å²) >= 11 is 10.4. The van der Waals surface area contributed by atoms with Gasteiger partial charge >= 0.3 is 0 Å². The number of hydrogen-bond donors (Lipinski definition) is 1. The van der Waals surface area contributed by atoms with Gasteiger partial charge in [-0.1, -0.05) is 15.9 Å². The summed E-state index contributed by atoms with van der Waals surface area (Å²) in [6.07, 6.45) is 2.23. The van der Waals surface area contributed by atoms with Crippen molar-refractivity contribution in [3.8, 4) is 5.75 Å². The minimum absolute atomic E-state index is 0.643. The van der Waals surface area contributed by atoms with Crippen molar-refractivity contribution < 1.29 is 9.47 Å². The van der Waals surface area contributed by atoms with Gasteiger partial charge in [0.1, 0.15) is 12.4 Å². The Morgan fingerprint density at radius 3 is 2.35 bits per heavy atom. The van der Waals surface area contributed by atoms with Crippen molar-refractivity contribution in [3.05, 3.63) is 25.6 Å². The Morgan fingerprint density at radius 2 is 1.70 bits per heavy atom. The highest BCUT2D eigenvalue weighted by Crippen LogP contribution is 2.36. The second-order valence-corrected chi connectivity index (χ2v) is 6.83. The second kappa shape index (κ2) is 11.0. The normalized spacial score (nSPS) is 10.8.